The van der Waals surface area contributed by atoms with E-state index in [2.05, 4.69) is 41.5 Å². The van der Waals surface area contributed by atoms with Crippen LogP contribution in [0.2, 0.25) is 0 Å². The monoisotopic (exact) mass is 394 g/mol. The SMILES string of the molecule is O=C1C2=CC(C3CCc4ccccc43)c3ccccc3C2=NN1c1ccccc1F. The van der Waals surface area contributed by atoms with Crippen LogP contribution in [0.5, 0.6) is 0 Å². The number of aryl methyl sites for hydroxylation is 1. The number of halogens is 1. The van der Waals surface area contributed by atoms with Crippen molar-refractivity contribution in [2.45, 2.75) is 24.7 Å². The van der Waals surface area contributed by atoms with E-state index in [1.165, 1.54) is 27.8 Å². The molecule has 0 saturated heterocycles. The first-order valence-corrected chi connectivity index (χ1v) is 10.3. The summed E-state index contributed by atoms with van der Waals surface area (Å²) in [5, 5.41) is 5.77. The number of carbonyl (C=O) groups excluding carboxylic acids is 1. The van der Waals surface area contributed by atoms with Crippen molar-refractivity contribution in [1.82, 2.24) is 0 Å². The number of para-hydroxylation sites is 1. The molecule has 0 saturated carbocycles. The third-order valence-electron chi connectivity index (χ3n) is 6.49. The van der Waals surface area contributed by atoms with E-state index in [-0.39, 0.29) is 17.5 Å². The quantitative estimate of drug-likeness (QED) is 0.578. The van der Waals surface area contributed by atoms with Crippen LogP contribution in [-0.4, -0.2) is 11.6 Å². The summed E-state index contributed by atoms with van der Waals surface area (Å²) in [6.45, 7) is 0. The van der Waals surface area contributed by atoms with Gasteiger partial charge in [0, 0.05) is 11.5 Å². The molecule has 0 spiro atoms. The highest BCUT2D eigenvalue weighted by Crippen LogP contribution is 2.48. The van der Waals surface area contributed by atoms with Gasteiger partial charge in [-0.25, -0.2) is 4.39 Å². The zero-order valence-electron chi connectivity index (χ0n) is 16.3. The van der Waals surface area contributed by atoms with Crippen LogP contribution < -0.4 is 5.01 Å². The predicted molar refractivity (Wildman–Crippen MR) is 115 cm³/mol. The normalized spacial score (nSPS) is 21.6. The molecule has 2 atom stereocenters. The van der Waals surface area contributed by atoms with Crippen molar-refractivity contribution < 1.29 is 9.18 Å². The Kier molecular flexibility index (Phi) is 3.75. The number of rotatable bonds is 2. The van der Waals surface area contributed by atoms with E-state index in [0.717, 1.165) is 18.4 Å². The molecule has 2 unspecified atom stereocenters. The molecule has 0 bridgehead atoms. The highest BCUT2D eigenvalue weighted by Gasteiger charge is 2.41. The Balaban J connectivity index is 1.50. The lowest BCUT2D eigenvalue weighted by Crippen LogP contribution is -2.25. The minimum atomic E-state index is -0.455. The highest BCUT2D eigenvalue weighted by molar-refractivity contribution is 6.36. The maximum atomic E-state index is 14.4. The number of allylic oxidation sites excluding steroid dienone is 1. The number of amides is 1. The van der Waals surface area contributed by atoms with Crippen molar-refractivity contribution in [3.63, 3.8) is 0 Å². The lowest BCUT2D eigenvalue weighted by atomic mass is 9.74. The standard InChI is InChI=1S/C26H19FN2O/c27-23-11-5-6-12-24(23)29-26(30)22-15-21(18-9-3-4-10-20(18)25(22)28-29)19-14-13-16-7-1-2-8-17(16)19/h1-12,15,19,21H,13-14H2. The average Bonchev–Trinajstić information content (AvgIpc) is 3.35. The molecule has 30 heavy (non-hydrogen) atoms. The Hall–Kier alpha value is -3.53. The topological polar surface area (TPSA) is 32.7 Å². The fourth-order valence-electron chi connectivity index (χ4n) is 5.12. The van der Waals surface area contributed by atoms with Gasteiger partial charge in [-0.3, -0.25) is 4.79 Å². The Morgan fingerprint density at radius 2 is 1.63 bits per heavy atom. The lowest BCUT2D eigenvalue weighted by molar-refractivity contribution is -0.114. The summed E-state index contributed by atoms with van der Waals surface area (Å²) in [6.07, 6.45) is 4.18. The Labute approximate surface area is 174 Å². The Bertz CT molecular complexity index is 1260. The molecule has 146 valence electrons. The van der Waals surface area contributed by atoms with Crippen molar-refractivity contribution in [3.8, 4) is 0 Å². The van der Waals surface area contributed by atoms with Crippen molar-refractivity contribution in [2.75, 3.05) is 5.01 Å². The molecule has 4 heteroatoms. The van der Waals surface area contributed by atoms with Crippen LogP contribution in [0.15, 0.2) is 89.5 Å². The van der Waals surface area contributed by atoms with Crippen molar-refractivity contribution in [1.29, 1.82) is 0 Å². The highest BCUT2D eigenvalue weighted by atomic mass is 19.1. The maximum Gasteiger partial charge on any atom is 0.280 e. The van der Waals surface area contributed by atoms with Crippen molar-refractivity contribution >= 4 is 17.3 Å². The summed E-state index contributed by atoms with van der Waals surface area (Å²) in [6, 6.07) is 23.0. The van der Waals surface area contributed by atoms with Crippen LogP contribution in [0.4, 0.5) is 10.1 Å². The molecule has 1 aliphatic heterocycles. The van der Waals surface area contributed by atoms with Gasteiger partial charge in [-0.1, -0.05) is 66.7 Å². The van der Waals surface area contributed by atoms with Gasteiger partial charge in [0.1, 0.15) is 17.2 Å². The number of hydrogen-bond acceptors (Lipinski definition) is 2. The molecule has 0 radical (unpaired) electrons. The van der Waals surface area contributed by atoms with Crippen LogP contribution in [-0.2, 0) is 11.2 Å². The first kappa shape index (κ1) is 17.3. The van der Waals surface area contributed by atoms with Crippen LogP contribution >= 0.6 is 0 Å². The summed E-state index contributed by atoms with van der Waals surface area (Å²) < 4.78 is 14.4. The second-order valence-corrected chi connectivity index (χ2v) is 8.05. The molecule has 3 aliphatic rings. The van der Waals surface area contributed by atoms with Gasteiger partial charge in [-0.05, 0) is 47.6 Å². The zero-order valence-corrected chi connectivity index (χ0v) is 16.3. The minimum Gasteiger partial charge on any atom is -0.267 e. The van der Waals surface area contributed by atoms with Gasteiger partial charge in [-0.2, -0.15) is 10.1 Å². The van der Waals surface area contributed by atoms with E-state index in [0.29, 0.717) is 17.2 Å². The molecule has 6 rings (SSSR count). The number of hydrazone groups is 1. The van der Waals surface area contributed by atoms with Gasteiger partial charge < -0.3 is 0 Å². The number of carbonyl (C=O) groups is 1. The summed E-state index contributed by atoms with van der Waals surface area (Å²) in [4.78, 5) is 13.3. The predicted octanol–water partition coefficient (Wildman–Crippen LogP) is 5.33. The van der Waals surface area contributed by atoms with E-state index in [1.54, 1.807) is 18.2 Å². The van der Waals surface area contributed by atoms with E-state index < -0.39 is 5.82 Å². The van der Waals surface area contributed by atoms with E-state index in [4.69, 9.17) is 0 Å². The second-order valence-electron chi connectivity index (χ2n) is 8.05. The third-order valence-corrected chi connectivity index (χ3v) is 6.49. The number of hydrogen-bond donors (Lipinski definition) is 0. The van der Waals surface area contributed by atoms with Crippen LogP contribution in [0, 0.1) is 5.82 Å². The molecular formula is C26H19FN2O. The fourth-order valence-corrected chi connectivity index (χ4v) is 5.12. The van der Waals surface area contributed by atoms with Gasteiger partial charge in [0.05, 0.1) is 5.57 Å². The minimum absolute atomic E-state index is 0.100. The average molecular weight is 394 g/mol. The summed E-state index contributed by atoms with van der Waals surface area (Å²) >= 11 is 0. The van der Waals surface area contributed by atoms with Crippen LogP contribution in [0.25, 0.3) is 0 Å². The molecule has 0 aromatic heterocycles. The largest absolute Gasteiger partial charge is 0.280 e. The van der Waals surface area contributed by atoms with Crippen LogP contribution in [0.1, 0.15) is 40.5 Å². The Morgan fingerprint density at radius 3 is 2.50 bits per heavy atom. The van der Waals surface area contributed by atoms with E-state index in [9.17, 15) is 9.18 Å². The molecule has 3 nitrogen and oxygen atoms in total. The fraction of sp³-hybridized carbons (Fsp3) is 0.154. The van der Waals surface area contributed by atoms with Gasteiger partial charge in [0.2, 0.25) is 0 Å². The molecule has 3 aromatic carbocycles. The van der Waals surface area contributed by atoms with Crippen molar-refractivity contribution in [3.05, 3.63) is 113 Å². The molecule has 2 aliphatic carbocycles. The Morgan fingerprint density at radius 1 is 0.900 bits per heavy atom. The molecule has 0 N–H and O–H groups in total. The van der Waals surface area contributed by atoms with Crippen LogP contribution in [0.3, 0.4) is 0 Å². The number of benzene rings is 3. The zero-order chi connectivity index (χ0) is 20.2. The molecule has 0 fully saturated rings. The van der Waals surface area contributed by atoms with Crippen molar-refractivity contribution in [2.24, 2.45) is 5.10 Å². The second kappa shape index (κ2) is 6.49. The van der Waals surface area contributed by atoms with E-state index in [1.807, 2.05) is 18.2 Å². The molecule has 1 heterocycles. The summed E-state index contributed by atoms with van der Waals surface area (Å²) in [7, 11) is 0. The van der Waals surface area contributed by atoms with Gasteiger partial charge in [0.15, 0.2) is 0 Å². The molecule has 3 aromatic rings. The number of nitrogens with zero attached hydrogens (tertiary/aromatic N) is 2. The molecular weight excluding hydrogens is 375 g/mol. The van der Waals surface area contributed by atoms with Gasteiger partial charge in [0.25, 0.3) is 5.91 Å². The maximum absolute atomic E-state index is 14.4. The van der Waals surface area contributed by atoms with Gasteiger partial charge in [-0.15, -0.1) is 0 Å². The van der Waals surface area contributed by atoms with E-state index >= 15 is 0 Å². The third kappa shape index (κ3) is 2.43. The van der Waals surface area contributed by atoms with Gasteiger partial charge >= 0.3 is 0 Å². The molecule has 1 amide bonds. The smallest absolute Gasteiger partial charge is 0.267 e. The first-order valence-electron chi connectivity index (χ1n) is 10.3. The lowest BCUT2D eigenvalue weighted by Gasteiger charge is -2.28. The first-order chi connectivity index (χ1) is 14.7. The summed E-state index contributed by atoms with van der Waals surface area (Å²) in [5.41, 5.74) is 6.31. The number of fused-ring (bicyclic) bond motifs is 4. The summed E-state index contributed by atoms with van der Waals surface area (Å²) in [5.74, 6) is -0.292. The number of anilines is 1.